The number of carbonyl (C=O) groups is 1. The summed E-state index contributed by atoms with van der Waals surface area (Å²) >= 11 is 0. The third-order valence-electron chi connectivity index (χ3n) is 6.51. The second-order valence-corrected chi connectivity index (χ2v) is 8.38. The molecule has 0 bridgehead atoms. The quantitative estimate of drug-likeness (QED) is 0.677. The molecule has 6 nitrogen and oxygen atoms in total. The van der Waals surface area contributed by atoms with Crippen molar-refractivity contribution in [2.45, 2.75) is 37.8 Å². The van der Waals surface area contributed by atoms with E-state index in [0.717, 1.165) is 51.9 Å². The van der Waals surface area contributed by atoms with E-state index in [0.29, 0.717) is 28.9 Å². The number of nitrogens with zero attached hydrogens (tertiary/aromatic N) is 2. The first-order valence-electron chi connectivity index (χ1n) is 11.3. The van der Waals surface area contributed by atoms with Gasteiger partial charge in [0.2, 0.25) is 0 Å². The highest BCUT2D eigenvalue weighted by atomic mass is 19.1. The zero-order chi connectivity index (χ0) is 22.5. The van der Waals surface area contributed by atoms with Gasteiger partial charge < -0.3 is 19.1 Å². The maximum absolute atomic E-state index is 13.8. The fourth-order valence-electron chi connectivity index (χ4n) is 4.66. The maximum Gasteiger partial charge on any atom is 0.253 e. The lowest BCUT2D eigenvalue weighted by Crippen LogP contribution is -2.50. The van der Waals surface area contributed by atoms with Crippen LogP contribution in [0, 0.1) is 5.82 Å². The summed E-state index contributed by atoms with van der Waals surface area (Å²) < 4.78 is 30.3. The number of rotatable bonds is 6. The van der Waals surface area contributed by atoms with E-state index in [9.17, 15) is 9.18 Å². The molecule has 0 aliphatic carbocycles. The van der Waals surface area contributed by atoms with E-state index in [2.05, 4.69) is 4.90 Å². The van der Waals surface area contributed by atoms with Crippen LogP contribution in [0.3, 0.4) is 0 Å². The van der Waals surface area contributed by atoms with Crippen molar-refractivity contribution in [1.82, 2.24) is 9.80 Å². The molecular weight excluding hydrogens is 411 g/mol. The number of halogens is 1. The lowest BCUT2D eigenvalue weighted by molar-refractivity contribution is 0.0416. The summed E-state index contributed by atoms with van der Waals surface area (Å²) in [5.41, 5.74) is 0.618. The minimum atomic E-state index is -0.304. The van der Waals surface area contributed by atoms with Gasteiger partial charge in [-0.15, -0.1) is 0 Å². The van der Waals surface area contributed by atoms with Crippen molar-refractivity contribution in [3.63, 3.8) is 0 Å². The second kappa shape index (κ2) is 10.2. The number of amides is 1. The van der Waals surface area contributed by atoms with Gasteiger partial charge in [-0.25, -0.2) is 4.39 Å². The van der Waals surface area contributed by atoms with E-state index in [1.807, 2.05) is 4.90 Å². The Morgan fingerprint density at radius 1 is 0.875 bits per heavy atom. The minimum absolute atomic E-state index is 0.0291. The van der Waals surface area contributed by atoms with Gasteiger partial charge in [0.1, 0.15) is 6.10 Å². The molecule has 0 saturated carbocycles. The van der Waals surface area contributed by atoms with Gasteiger partial charge in [0.05, 0.1) is 14.2 Å². The van der Waals surface area contributed by atoms with Gasteiger partial charge in [-0.1, -0.05) is 12.1 Å². The summed E-state index contributed by atoms with van der Waals surface area (Å²) in [5.74, 6) is 1.25. The van der Waals surface area contributed by atoms with Gasteiger partial charge in [0.15, 0.2) is 23.1 Å². The number of para-hydroxylation sites is 1. The standard InChI is InChI=1S/C25H31FN2O4/c1-30-23-8-7-18(17-24(23)31-2)25(29)28-13-9-19(10-14-28)27-15-11-20(12-16-27)32-22-6-4-3-5-21(22)26/h3-8,17,19-20H,9-16H2,1-2H3. The molecule has 2 aromatic rings. The number of hydrogen-bond acceptors (Lipinski definition) is 5. The molecule has 1 amide bonds. The number of likely N-dealkylation sites (tertiary alicyclic amines) is 2. The van der Waals surface area contributed by atoms with Crippen molar-refractivity contribution in [3.8, 4) is 17.2 Å². The molecule has 7 heteroatoms. The van der Waals surface area contributed by atoms with Crippen molar-refractivity contribution in [3.05, 3.63) is 53.8 Å². The van der Waals surface area contributed by atoms with E-state index in [1.54, 1.807) is 50.6 Å². The normalized spacial score (nSPS) is 18.4. The molecule has 2 aromatic carbocycles. The number of benzene rings is 2. The van der Waals surface area contributed by atoms with Crippen LogP contribution in [0.1, 0.15) is 36.0 Å². The van der Waals surface area contributed by atoms with Gasteiger partial charge >= 0.3 is 0 Å². The van der Waals surface area contributed by atoms with Crippen LogP contribution < -0.4 is 14.2 Å². The van der Waals surface area contributed by atoms with Crippen LogP contribution in [0.2, 0.25) is 0 Å². The Morgan fingerprint density at radius 2 is 1.56 bits per heavy atom. The Balaban J connectivity index is 1.26. The fourth-order valence-corrected chi connectivity index (χ4v) is 4.66. The highest BCUT2D eigenvalue weighted by molar-refractivity contribution is 5.95. The monoisotopic (exact) mass is 442 g/mol. The molecule has 4 rings (SSSR count). The molecule has 32 heavy (non-hydrogen) atoms. The predicted octanol–water partition coefficient (Wildman–Crippen LogP) is 3.99. The van der Waals surface area contributed by atoms with Gasteiger partial charge in [0.25, 0.3) is 5.91 Å². The summed E-state index contributed by atoms with van der Waals surface area (Å²) in [6.07, 6.45) is 3.74. The van der Waals surface area contributed by atoms with Crippen molar-refractivity contribution in [2.24, 2.45) is 0 Å². The number of ether oxygens (including phenoxy) is 3. The molecule has 0 atom stereocenters. The molecule has 172 valence electrons. The molecule has 2 fully saturated rings. The minimum Gasteiger partial charge on any atom is -0.493 e. The van der Waals surface area contributed by atoms with Crippen molar-refractivity contribution >= 4 is 5.91 Å². The van der Waals surface area contributed by atoms with Crippen molar-refractivity contribution in [2.75, 3.05) is 40.4 Å². The first-order chi connectivity index (χ1) is 15.6. The highest BCUT2D eigenvalue weighted by Gasteiger charge is 2.31. The molecule has 0 spiro atoms. The summed E-state index contributed by atoms with van der Waals surface area (Å²) in [6.45, 7) is 3.35. The number of methoxy groups -OCH3 is 2. The van der Waals surface area contributed by atoms with Crippen molar-refractivity contribution in [1.29, 1.82) is 0 Å². The highest BCUT2D eigenvalue weighted by Crippen LogP contribution is 2.29. The lowest BCUT2D eigenvalue weighted by Gasteiger charge is -2.41. The fraction of sp³-hybridized carbons (Fsp3) is 0.480. The molecule has 2 aliphatic heterocycles. The van der Waals surface area contributed by atoms with Crippen LogP contribution in [0.25, 0.3) is 0 Å². The molecule has 2 heterocycles. The SMILES string of the molecule is COc1ccc(C(=O)N2CCC(N3CCC(Oc4ccccc4F)CC3)CC2)cc1OC. The summed E-state index contributed by atoms with van der Waals surface area (Å²) in [5, 5.41) is 0. The average molecular weight is 443 g/mol. The van der Waals surface area contributed by atoms with Crippen LogP contribution in [-0.4, -0.2) is 68.3 Å². The molecule has 0 aromatic heterocycles. The Labute approximate surface area is 188 Å². The van der Waals surface area contributed by atoms with Gasteiger partial charge in [-0.05, 0) is 56.0 Å². The van der Waals surface area contributed by atoms with E-state index < -0.39 is 0 Å². The van der Waals surface area contributed by atoms with Crippen molar-refractivity contribution < 1.29 is 23.4 Å². The number of piperidine rings is 2. The van der Waals surface area contributed by atoms with Gasteiger partial charge in [-0.3, -0.25) is 9.69 Å². The zero-order valence-corrected chi connectivity index (χ0v) is 18.8. The van der Waals surface area contributed by atoms with Crippen LogP contribution in [0.5, 0.6) is 17.2 Å². The third-order valence-corrected chi connectivity index (χ3v) is 6.51. The molecule has 0 unspecified atom stereocenters. The predicted molar refractivity (Wildman–Crippen MR) is 120 cm³/mol. The van der Waals surface area contributed by atoms with E-state index in [-0.39, 0.29) is 17.8 Å². The second-order valence-electron chi connectivity index (χ2n) is 8.38. The Bertz CT molecular complexity index is 922. The summed E-state index contributed by atoms with van der Waals surface area (Å²) in [7, 11) is 3.15. The van der Waals surface area contributed by atoms with E-state index in [4.69, 9.17) is 14.2 Å². The Hall–Kier alpha value is -2.80. The number of carbonyl (C=O) groups excluding carboxylic acids is 1. The van der Waals surface area contributed by atoms with E-state index >= 15 is 0 Å². The van der Waals surface area contributed by atoms with Crippen LogP contribution >= 0.6 is 0 Å². The van der Waals surface area contributed by atoms with Gasteiger partial charge in [-0.2, -0.15) is 0 Å². The molecular formula is C25H31FN2O4. The topological polar surface area (TPSA) is 51.2 Å². The third kappa shape index (κ3) is 4.99. The van der Waals surface area contributed by atoms with Crippen LogP contribution in [0.4, 0.5) is 4.39 Å². The largest absolute Gasteiger partial charge is 0.493 e. The van der Waals surface area contributed by atoms with Crippen LogP contribution in [-0.2, 0) is 0 Å². The maximum atomic E-state index is 13.8. The smallest absolute Gasteiger partial charge is 0.253 e. The molecule has 0 N–H and O–H groups in total. The molecule has 2 saturated heterocycles. The molecule has 2 aliphatic rings. The Kier molecular flexibility index (Phi) is 7.15. The van der Waals surface area contributed by atoms with Gasteiger partial charge in [0, 0.05) is 37.8 Å². The van der Waals surface area contributed by atoms with E-state index in [1.165, 1.54) is 6.07 Å². The summed E-state index contributed by atoms with van der Waals surface area (Å²) in [6, 6.07) is 12.4. The first-order valence-corrected chi connectivity index (χ1v) is 11.3. The first kappa shape index (κ1) is 22.4. The zero-order valence-electron chi connectivity index (χ0n) is 18.8. The summed E-state index contributed by atoms with van der Waals surface area (Å²) in [4.78, 5) is 17.4. The lowest BCUT2D eigenvalue weighted by atomic mass is 9.98. The van der Waals surface area contributed by atoms with Crippen LogP contribution in [0.15, 0.2) is 42.5 Å². The Morgan fingerprint density at radius 3 is 2.22 bits per heavy atom. The average Bonchev–Trinajstić information content (AvgIpc) is 2.85. The number of hydrogen-bond donors (Lipinski definition) is 0. The molecule has 0 radical (unpaired) electrons.